The minimum atomic E-state index is -0.771. The summed E-state index contributed by atoms with van der Waals surface area (Å²) in [6.45, 7) is 5.78. The molecule has 9 heteroatoms. The lowest BCUT2D eigenvalue weighted by Crippen LogP contribution is -2.66. The van der Waals surface area contributed by atoms with Crippen LogP contribution in [0.1, 0.15) is 57.6 Å². The van der Waals surface area contributed by atoms with E-state index in [4.69, 9.17) is 4.74 Å². The minimum Gasteiger partial charge on any atom is -0.445 e. The second kappa shape index (κ2) is 14.1. The molecule has 1 heterocycles. The zero-order valence-electron chi connectivity index (χ0n) is 24.1. The average molecular weight is 563 g/mol. The summed E-state index contributed by atoms with van der Waals surface area (Å²) in [5, 5.41) is 11.6. The lowest BCUT2D eigenvalue weighted by Gasteiger charge is -2.39. The lowest BCUT2D eigenvalue weighted by molar-refractivity contribution is -0.146. The number of benzene rings is 2. The summed E-state index contributed by atoms with van der Waals surface area (Å²) in [6, 6.07) is 18.1. The molecular formula is C32H42N4O5. The van der Waals surface area contributed by atoms with E-state index < -0.39 is 18.2 Å². The lowest BCUT2D eigenvalue weighted by atomic mass is 9.78. The molecule has 0 radical (unpaired) electrons. The van der Waals surface area contributed by atoms with E-state index in [0.717, 1.165) is 31.2 Å². The Morgan fingerprint density at radius 1 is 0.976 bits per heavy atom. The summed E-state index contributed by atoms with van der Waals surface area (Å²) in [5.41, 5.74) is 2.04. The van der Waals surface area contributed by atoms with Crippen molar-refractivity contribution in [1.29, 1.82) is 0 Å². The number of hydrogen-bond donors (Lipinski definition) is 4. The Morgan fingerprint density at radius 3 is 2.27 bits per heavy atom. The Labute approximate surface area is 242 Å². The number of carbonyl (C=O) groups is 4. The van der Waals surface area contributed by atoms with Crippen LogP contribution in [-0.2, 0) is 32.1 Å². The fourth-order valence-electron chi connectivity index (χ4n) is 5.35. The van der Waals surface area contributed by atoms with Gasteiger partial charge in [0.25, 0.3) is 0 Å². The number of hydrogen-bond acceptors (Lipinski definition) is 5. The summed E-state index contributed by atoms with van der Waals surface area (Å²) in [4.78, 5) is 50.2. The molecule has 1 saturated carbocycles. The van der Waals surface area contributed by atoms with Gasteiger partial charge in [-0.2, -0.15) is 0 Å². The minimum absolute atomic E-state index is 0.0252. The molecule has 41 heavy (non-hydrogen) atoms. The molecule has 7 atom stereocenters. The summed E-state index contributed by atoms with van der Waals surface area (Å²) < 4.78 is 5.26. The van der Waals surface area contributed by atoms with Crippen LogP contribution in [-0.4, -0.2) is 48.0 Å². The zero-order chi connectivity index (χ0) is 29.4. The van der Waals surface area contributed by atoms with Gasteiger partial charge in [0.1, 0.15) is 18.7 Å². The molecule has 1 unspecified atom stereocenters. The Hall–Kier alpha value is -3.88. The number of nitrogens with one attached hydrogen (secondary N) is 4. The maximum atomic E-state index is 13.0. The van der Waals surface area contributed by atoms with Crippen LogP contribution in [0.4, 0.5) is 4.79 Å². The van der Waals surface area contributed by atoms with Gasteiger partial charge in [-0.15, -0.1) is 0 Å². The van der Waals surface area contributed by atoms with Crippen molar-refractivity contribution in [3.63, 3.8) is 0 Å². The van der Waals surface area contributed by atoms with Crippen molar-refractivity contribution in [2.45, 2.75) is 83.6 Å². The van der Waals surface area contributed by atoms with E-state index in [0.29, 0.717) is 6.42 Å². The van der Waals surface area contributed by atoms with Gasteiger partial charge < -0.3 is 26.0 Å². The predicted octanol–water partition coefficient (Wildman–Crippen LogP) is 3.47. The molecule has 2 aromatic rings. The van der Waals surface area contributed by atoms with E-state index in [1.54, 1.807) is 6.92 Å². The maximum Gasteiger partial charge on any atom is 0.408 e. The molecular weight excluding hydrogens is 520 g/mol. The summed E-state index contributed by atoms with van der Waals surface area (Å²) in [7, 11) is 0. The first kappa shape index (κ1) is 30.1. The van der Waals surface area contributed by atoms with Crippen molar-refractivity contribution in [3.8, 4) is 0 Å². The van der Waals surface area contributed by atoms with Crippen LogP contribution in [0.5, 0.6) is 0 Å². The van der Waals surface area contributed by atoms with Gasteiger partial charge in [-0.25, -0.2) is 4.79 Å². The number of carbonyl (C=O) groups excluding carboxylic acids is 4. The van der Waals surface area contributed by atoms with Gasteiger partial charge in [-0.3, -0.25) is 14.4 Å². The topological polar surface area (TPSA) is 126 Å². The number of aryl methyl sites for hydroxylation is 1. The predicted molar refractivity (Wildman–Crippen MR) is 155 cm³/mol. The first-order valence-corrected chi connectivity index (χ1v) is 14.7. The van der Waals surface area contributed by atoms with Crippen LogP contribution in [0.25, 0.3) is 0 Å². The van der Waals surface area contributed by atoms with Gasteiger partial charge in [-0.1, -0.05) is 80.9 Å². The van der Waals surface area contributed by atoms with Crippen LogP contribution in [0, 0.1) is 17.8 Å². The Morgan fingerprint density at radius 2 is 1.63 bits per heavy atom. The third-order valence-electron chi connectivity index (χ3n) is 8.25. The van der Waals surface area contributed by atoms with Gasteiger partial charge in [0.05, 0.1) is 5.92 Å². The van der Waals surface area contributed by atoms with Gasteiger partial charge in [0.15, 0.2) is 0 Å². The van der Waals surface area contributed by atoms with Gasteiger partial charge in [0.2, 0.25) is 17.7 Å². The normalized spacial score (nSPS) is 23.1. The Bertz CT molecular complexity index is 1190. The SMILES string of the molecule is CCC(C)[C@@H]1C(=O)N[C@H]1C(=O)N[C@H]1C[C@H]1C[C@@H](CCc1ccccc1)NC(=O)[C@H](C)NC(=O)OCc1ccccc1. The third kappa shape index (κ3) is 8.55. The smallest absolute Gasteiger partial charge is 0.408 e. The summed E-state index contributed by atoms with van der Waals surface area (Å²) >= 11 is 0. The first-order valence-electron chi connectivity index (χ1n) is 14.7. The van der Waals surface area contributed by atoms with Gasteiger partial charge >= 0.3 is 6.09 Å². The molecule has 4 rings (SSSR count). The largest absolute Gasteiger partial charge is 0.445 e. The molecule has 1 saturated heterocycles. The molecule has 220 valence electrons. The van der Waals surface area contributed by atoms with Crippen molar-refractivity contribution in [2.75, 3.05) is 0 Å². The third-order valence-corrected chi connectivity index (χ3v) is 8.25. The summed E-state index contributed by atoms with van der Waals surface area (Å²) in [6.07, 6.45) is 3.25. The summed E-state index contributed by atoms with van der Waals surface area (Å²) in [5.74, 6) is -0.352. The van der Waals surface area contributed by atoms with Crippen LogP contribution >= 0.6 is 0 Å². The number of amides is 4. The van der Waals surface area contributed by atoms with E-state index in [1.807, 2.05) is 62.4 Å². The van der Waals surface area contributed by atoms with Crippen LogP contribution in [0.15, 0.2) is 60.7 Å². The number of β-lactam (4-membered cyclic amide) rings is 1. The van der Waals surface area contributed by atoms with E-state index >= 15 is 0 Å². The zero-order valence-corrected chi connectivity index (χ0v) is 24.1. The van der Waals surface area contributed by atoms with Gasteiger partial charge in [0, 0.05) is 12.1 Å². The molecule has 2 fully saturated rings. The Balaban J connectivity index is 1.27. The van der Waals surface area contributed by atoms with E-state index in [9.17, 15) is 19.2 Å². The molecule has 4 amide bonds. The first-order chi connectivity index (χ1) is 19.7. The fraction of sp³-hybridized carbons (Fsp3) is 0.500. The van der Waals surface area contributed by atoms with Crippen molar-refractivity contribution in [3.05, 3.63) is 71.8 Å². The van der Waals surface area contributed by atoms with Crippen LogP contribution in [0.2, 0.25) is 0 Å². The molecule has 0 bridgehead atoms. The second-order valence-electron chi connectivity index (χ2n) is 11.4. The molecule has 2 aromatic carbocycles. The number of ether oxygens (including phenoxy) is 1. The highest BCUT2D eigenvalue weighted by molar-refractivity contribution is 5.99. The highest BCUT2D eigenvalue weighted by Crippen LogP contribution is 2.36. The fourth-order valence-corrected chi connectivity index (χ4v) is 5.35. The average Bonchev–Trinajstić information content (AvgIpc) is 3.70. The number of alkyl carbamates (subject to hydrolysis) is 1. The highest BCUT2D eigenvalue weighted by Gasteiger charge is 2.49. The molecule has 4 N–H and O–H groups in total. The molecule has 2 aliphatic rings. The molecule has 9 nitrogen and oxygen atoms in total. The monoisotopic (exact) mass is 562 g/mol. The van der Waals surface area contributed by atoms with E-state index in [-0.39, 0.29) is 54.2 Å². The van der Waals surface area contributed by atoms with Gasteiger partial charge in [-0.05, 0) is 55.6 Å². The second-order valence-corrected chi connectivity index (χ2v) is 11.4. The van der Waals surface area contributed by atoms with Crippen LogP contribution in [0.3, 0.4) is 0 Å². The standard InChI is InChI=1S/C32H42N4O5/c1-4-20(2)27-28(36-30(27)38)31(39)35-26-18-24(26)17-25(16-15-22-11-7-5-8-12-22)34-29(37)21(3)33-32(40)41-19-23-13-9-6-10-14-23/h5-14,20-21,24-28H,4,15-19H2,1-3H3,(H,33,40)(H,34,37)(H,35,39)(H,36,38)/t20?,21-,24+,25+,26-,27-,28+/m0/s1. The van der Waals surface area contributed by atoms with Crippen molar-refractivity contribution < 1.29 is 23.9 Å². The highest BCUT2D eigenvalue weighted by atomic mass is 16.5. The van der Waals surface area contributed by atoms with Crippen molar-refractivity contribution in [1.82, 2.24) is 21.3 Å². The maximum absolute atomic E-state index is 13.0. The molecule has 0 aromatic heterocycles. The molecule has 0 spiro atoms. The van der Waals surface area contributed by atoms with Crippen LogP contribution < -0.4 is 21.3 Å². The molecule has 1 aliphatic heterocycles. The quantitative estimate of drug-likeness (QED) is 0.263. The van der Waals surface area contributed by atoms with Crippen molar-refractivity contribution in [2.24, 2.45) is 17.8 Å². The van der Waals surface area contributed by atoms with Crippen molar-refractivity contribution >= 4 is 23.8 Å². The molecule has 1 aliphatic carbocycles. The van der Waals surface area contributed by atoms with E-state index in [1.165, 1.54) is 5.56 Å². The number of rotatable bonds is 14. The van der Waals surface area contributed by atoms with E-state index in [2.05, 4.69) is 33.4 Å². The Kier molecular flexibility index (Phi) is 10.4.